The van der Waals surface area contributed by atoms with Crippen LogP contribution in [-0.4, -0.2) is 17.1 Å². The van der Waals surface area contributed by atoms with E-state index in [2.05, 4.69) is 14.8 Å². The smallest absolute Gasteiger partial charge is 0.293 e. The van der Waals surface area contributed by atoms with Crippen molar-refractivity contribution in [1.82, 2.24) is 9.97 Å². The molecule has 0 saturated carbocycles. The minimum Gasteiger partial charge on any atom is -0.492 e. The van der Waals surface area contributed by atoms with Crippen LogP contribution in [0.15, 0.2) is 18.5 Å². The van der Waals surface area contributed by atoms with Crippen LogP contribution in [-0.2, 0) is 0 Å². The van der Waals surface area contributed by atoms with E-state index in [4.69, 9.17) is 11.3 Å². The van der Waals surface area contributed by atoms with Crippen molar-refractivity contribution in [3.8, 4) is 5.75 Å². The van der Waals surface area contributed by atoms with Crippen LogP contribution in [0.25, 0.3) is 15.7 Å². The molecule has 0 spiro atoms. The molecule has 0 aromatic carbocycles. The van der Waals surface area contributed by atoms with Crippen LogP contribution in [0, 0.1) is 6.57 Å². The molecule has 64 valence electrons. The number of aromatic nitrogens is 2. The predicted octanol–water partition coefficient (Wildman–Crippen LogP) is 2.12. The Bertz CT molecular complexity index is 481. The molecule has 0 atom stereocenters. The van der Waals surface area contributed by atoms with E-state index in [0.717, 1.165) is 10.9 Å². The van der Waals surface area contributed by atoms with Gasteiger partial charge in [0, 0.05) is 11.6 Å². The molecule has 0 aliphatic rings. The molecule has 2 rings (SSSR count). The summed E-state index contributed by atoms with van der Waals surface area (Å²) in [7, 11) is 1.58. The lowest BCUT2D eigenvalue weighted by Crippen LogP contribution is -1.85. The number of hydrogen-bond acceptors (Lipinski definition) is 2. The zero-order chi connectivity index (χ0) is 9.26. The monoisotopic (exact) mass is 173 g/mol. The van der Waals surface area contributed by atoms with Gasteiger partial charge in [-0.05, 0) is 6.07 Å². The number of ether oxygens (including phenoxy) is 1. The summed E-state index contributed by atoms with van der Waals surface area (Å²) in [6.45, 7) is 6.89. The van der Waals surface area contributed by atoms with Gasteiger partial charge in [-0.1, -0.05) is 6.57 Å². The third-order valence-corrected chi connectivity index (χ3v) is 1.87. The number of rotatable bonds is 1. The fourth-order valence-corrected chi connectivity index (χ4v) is 1.26. The maximum atomic E-state index is 6.89. The molecule has 13 heavy (non-hydrogen) atoms. The van der Waals surface area contributed by atoms with Gasteiger partial charge in [0.25, 0.3) is 5.82 Å². The molecule has 0 aliphatic heterocycles. The molecular formula is C9H7N3O. The zero-order valence-electron chi connectivity index (χ0n) is 7.03. The third kappa shape index (κ3) is 1.02. The molecular weight excluding hydrogens is 166 g/mol. The first-order valence-electron chi connectivity index (χ1n) is 3.74. The van der Waals surface area contributed by atoms with Crippen LogP contribution in [0.4, 0.5) is 5.82 Å². The predicted molar refractivity (Wildman–Crippen MR) is 48.9 cm³/mol. The Balaban J connectivity index is 2.83. The summed E-state index contributed by atoms with van der Waals surface area (Å²) in [5.41, 5.74) is 0.731. The number of pyridine rings is 1. The molecule has 0 radical (unpaired) electrons. The lowest BCUT2D eigenvalue weighted by atomic mass is 10.3. The van der Waals surface area contributed by atoms with Gasteiger partial charge in [-0.2, -0.15) is 0 Å². The van der Waals surface area contributed by atoms with Gasteiger partial charge in [0.05, 0.1) is 12.6 Å². The van der Waals surface area contributed by atoms with Crippen molar-refractivity contribution in [2.24, 2.45) is 0 Å². The van der Waals surface area contributed by atoms with Gasteiger partial charge >= 0.3 is 0 Å². The highest BCUT2D eigenvalue weighted by atomic mass is 16.5. The molecule has 0 amide bonds. The van der Waals surface area contributed by atoms with Crippen LogP contribution in [0.2, 0.25) is 0 Å². The molecule has 2 aromatic rings. The number of nitrogens with one attached hydrogen (secondary N) is 1. The van der Waals surface area contributed by atoms with Crippen molar-refractivity contribution >= 4 is 16.7 Å². The van der Waals surface area contributed by atoms with E-state index in [1.807, 2.05) is 6.07 Å². The van der Waals surface area contributed by atoms with Crippen LogP contribution in [0.3, 0.4) is 0 Å². The van der Waals surface area contributed by atoms with E-state index in [9.17, 15) is 0 Å². The molecule has 0 unspecified atom stereocenters. The van der Waals surface area contributed by atoms with Crippen LogP contribution < -0.4 is 4.74 Å². The van der Waals surface area contributed by atoms with Crippen molar-refractivity contribution in [1.29, 1.82) is 0 Å². The molecule has 0 aliphatic carbocycles. The summed E-state index contributed by atoms with van der Waals surface area (Å²) in [4.78, 5) is 10.2. The van der Waals surface area contributed by atoms with Crippen molar-refractivity contribution in [3.63, 3.8) is 0 Å². The van der Waals surface area contributed by atoms with Gasteiger partial charge in [0.1, 0.15) is 0 Å². The first-order valence-corrected chi connectivity index (χ1v) is 3.74. The van der Waals surface area contributed by atoms with Crippen LogP contribution in [0.1, 0.15) is 0 Å². The Morgan fingerprint density at radius 1 is 1.62 bits per heavy atom. The SMILES string of the molecule is [C-]#[N+]c1ncc(OC)c2cc[nH]c12. The van der Waals surface area contributed by atoms with Crippen LogP contribution >= 0.6 is 0 Å². The molecule has 0 saturated heterocycles. The van der Waals surface area contributed by atoms with E-state index < -0.39 is 0 Å². The quantitative estimate of drug-likeness (QED) is 0.671. The highest BCUT2D eigenvalue weighted by molar-refractivity contribution is 5.93. The van der Waals surface area contributed by atoms with E-state index in [0.29, 0.717) is 11.6 Å². The second-order valence-corrected chi connectivity index (χ2v) is 2.53. The average Bonchev–Trinajstić information content (AvgIpc) is 2.64. The molecule has 1 N–H and O–H groups in total. The lowest BCUT2D eigenvalue weighted by Gasteiger charge is -1.99. The highest BCUT2D eigenvalue weighted by Gasteiger charge is 2.08. The number of methoxy groups -OCH3 is 1. The van der Waals surface area contributed by atoms with Gasteiger partial charge in [-0.15, -0.1) is 4.98 Å². The van der Waals surface area contributed by atoms with E-state index in [-0.39, 0.29) is 0 Å². The topological polar surface area (TPSA) is 42.3 Å². The maximum absolute atomic E-state index is 6.89. The Morgan fingerprint density at radius 2 is 2.46 bits per heavy atom. The van der Waals surface area contributed by atoms with E-state index in [1.54, 1.807) is 19.5 Å². The fraction of sp³-hybridized carbons (Fsp3) is 0.111. The fourth-order valence-electron chi connectivity index (χ4n) is 1.26. The summed E-state index contributed by atoms with van der Waals surface area (Å²) in [6, 6.07) is 1.87. The summed E-state index contributed by atoms with van der Waals surface area (Å²) < 4.78 is 5.10. The maximum Gasteiger partial charge on any atom is 0.293 e. The normalized spacial score (nSPS) is 9.85. The number of H-pyrrole nitrogens is 1. The number of nitrogens with zero attached hydrogens (tertiary/aromatic N) is 2. The summed E-state index contributed by atoms with van der Waals surface area (Å²) >= 11 is 0. The van der Waals surface area contributed by atoms with E-state index in [1.165, 1.54) is 0 Å². The number of fused-ring (bicyclic) bond motifs is 1. The van der Waals surface area contributed by atoms with Crippen molar-refractivity contribution in [3.05, 3.63) is 29.9 Å². The molecule has 4 nitrogen and oxygen atoms in total. The summed E-state index contributed by atoms with van der Waals surface area (Å²) in [5, 5.41) is 0.892. The Kier molecular flexibility index (Phi) is 1.64. The second-order valence-electron chi connectivity index (χ2n) is 2.53. The van der Waals surface area contributed by atoms with Gasteiger partial charge in [-0.3, -0.25) is 0 Å². The summed E-state index contributed by atoms with van der Waals surface area (Å²) in [6.07, 6.45) is 3.33. The largest absolute Gasteiger partial charge is 0.492 e. The lowest BCUT2D eigenvalue weighted by molar-refractivity contribution is 0.418. The highest BCUT2D eigenvalue weighted by Crippen LogP contribution is 2.29. The molecule has 2 aromatic heterocycles. The van der Waals surface area contributed by atoms with Crippen molar-refractivity contribution in [2.45, 2.75) is 0 Å². The van der Waals surface area contributed by atoms with Gasteiger partial charge in [-0.25, -0.2) is 0 Å². The van der Waals surface area contributed by atoms with E-state index >= 15 is 0 Å². The molecule has 0 bridgehead atoms. The Morgan fingerprint density at radius 3 is 3.15 bits per heavy atom. The molecule has 2 heterocycles. The number of hydrogen-bond donors (Lipinski definition) is 1. The average molecular weight is 173 g/mol. The molecule has 4 heteroatoms. The van der Waals surface area contributed by atoms with Gasteiger partial charge in [0.15, 0.2) is 11.9 Å². The standard InChI is InChI=1S/C9H7N3O/c1-10-9-8-6(3-4-11-8)7(13-2)5-12-9/h3-5,11H,2H3. The minimum absolute atomic E-state index is 0.376. The van der Waals surface area contributed by atoms with Crippen molar-refractivity contribution in [2.75, 3.05) is 7.11 Å². The Hall–Kier alpha value is -2.02. The van der Waals surface area contributed by atoms with Crippen molar-refractivity contribution < 1.29 is 4.74 Å². The first kappa shape index (κ1) is 7.62. The van der Waals surface area contributed by atoms with Gasteiger partial charge < -0.3 is 14.6 Å². The first-order chi connectivity index (χ1) is 6.36. The van der Waals surface area contributed by atoms with Crippen LogP contribution in [0.5, 0.6) is 5.75 Å². The Labute approximate surface area is 75.0 Å². The zero-order valence-corrected chi connectivity index (χ0v) is 7.03. The molecule has 0 fully saturated rings. The third-order valence-electron chi connectivity index (χ3n) is 1.87. The number of aromatic amines is 1. The van der Waals surface area contributed by atoms with Gasteiger partial charge in [0.2, 0.25) is 0 Å². The minimum atomic E-state index is 0.376. The summed E-state index contributed by atoms with van der Waals surface area (Å²) in [5.74, 6) is 1.06. The second kappa shape index (κ2) is 2.79.